The van der Waals surface area contributed by atoms with E-state index in [1.54, 1.807) is 19.2 Å². The Morgan fingerprint density at radius 3 is 2.67 bits per heavy atom. The van der Waals surface area contributed by atoms with Gasteiger partial charge in [-0.1, -0.05) is 37.3 Å². The van der Waals surface area contributed by atoms with E-state index in [2.05, 4.69) is 36.5 Å². The summed E-state index contributed by atoms with van der Waals surface area (Å²) in [4.78, 5) is 11.8. The number of fused-ring (bicyclic) bond motifs is 1. The van der Waals surface area contributed by atoms with E-state index in [1.165, 1.54) is 5.56 Å². The second kappa shape index (κ2) is 7.32. The maximum atomic E-state index is 11.8. The molecule has 0 amide bonds. The highest BCUT2D eigenvalue weighted by molar-refractivity contribution is 5.81. The predicted molar refractivity (Wildman–Crippen MR) is 94.4 cm³/mol. The van der Waals surface area contributed by atoms with E-state index in [0.29, 0.717) is 17.3 Å². The first-order chi connectivity index (χ1) is 11.7. The van der Waals surface area contributed by atoms with Crippen molar-refractivity contribution in [1.82, 2.24) is 0 Å². The molecule has 124 valence electrons. The molecule has 2 aromatic carbocycles. The normalized spacial score (nSPS) is 12.2. The Labute approximate surface area is 141 Å². The van der Waals surface area contributed by atoms with Crippen LogP contribution in [0.4, 0.5) is 0 Å². The molecule has 3 rings (SSSR count). The highest BCUT2D eigenvalue weighted by atomic mass is 16.5. The van der Waals surface area contributed by atoms with Gasteiger partial charge < -0.3 is 14.5 Å². The van der Waals surface area contributed by atoms with Gasteiger partial charge in [0.1, 0.15) is 17.9 Å². The third-order valence-corrected chi connectivity index (χ3v) is 4.29. The van der Waals surface area contributed by atoms with Crippen molar-refractivity contribution in [3.8, 4) is 5.75 Å². The lowest BCUT2D eigenvalue weighted by atomic mass is 10.0. The van der Waals surface area contributed by atoms with Crippen LogP contribution in [0.2, 0.25) is 0 Å². The molecule has 3 aromatic rings. The number of methoxy groups -OCH3 is 1. The van der Waals surface area contributed by atoms with Gasteiger partial charge in [-0.05, 0) is 17.7 Å². The number of hydrogen-bond donors (Lipinski definition) is 1. The summed E-state index contributed by atoms with van der Waals surface area (Å²) in [5.74, 6) is 1.14. The lowest BCUT2D eigenvalue weighted by molar-refractivity contribution is -0.672. The van der Waals surface area contributed by atoms with Crippen molar-refractivity contribution in [3.63, 3.8) is 0 Å². The van der Waals surface area contributed by atoms with Crippen LogP contribution in [0.5, 0.6) is 5.75 Å². The Morgan fingerprint density at radius 2 is 1.92 bits per heavy atom. The lowest BCUT2D eigenvalue weighted by Crippen LogP contribution is -2.83. The van der Waals surface area contributed by atoms with Crippen molar-refractivity contribution in [2.24, 2.45) is 0 Å². The number of ether oxygens (including phenoxy) is 1. The molecule has 0 spiro atoms. The molecule has 1 aromatic heterocycles. The summed E-state index contributed by atoms with van der Waals surface area (Å²) in [5, 5.41) is 3.19. The van der Waals surface area contributed by atoms with E-state index < -0.39 is 0 Å². The lowest BCUT2D eigenvalue weighted by Gasteiger charge is -2.11. The number of hydrogen-bond acceptors (Lipinski definition) is 3. The number of benzene rings is 2. The second-order valence-electron chi connectivity index (χ2n) is 5.99. The van der Waals surface area contributed by atoms with E-state index in [4.69, 9.17) is 9.15 Å². The fourth-order valence-corrected chi connectivity index (χ4v) is 2.91. The van der Waals surface area contributed by atoms with Crippen LogP contribution in [0, 0.1) is 0 Å². The molecular weight excluding hydrogens is 302 g/mol. The van der Waals surface area contributed by atoms with Crippen molar-refractivity contribution in [2.45, 2.75) is 19.4 Å². The molecule has 0 saturated carbocycles. The van der Waals surface area contributed by atoms with Gasteiger partial charge in [0.15, 0.2) is 0 Å². The summed E-state index contributed by atoms with van der Waals surface area (Å²) in [7, 11) is 1.60. The minimum Gasteiger partial charge on any atom is -0.497 e. The first-order valence-corrected chi connectivity index (χ1v) is 8.15. The van der Waals surface area contributed by atoms with Gasteiger partial charge in [-0.3, -0.25) is 0 Å². The van der Waals surface area contributed by atoms with Gasteiger partial charge in [0.25, 0.3) is 0 Å². The zero-order chi connectivity index (χ0) is 16.9. The van der Waals surface area contributed by atoms with Crippen molar-refractivity contribution < 1.29 is 14.5 Å². The van der Waals surface area contributed by atoms with Crippen LogP contribution >= 0.6 is 0 Å². The Bertz CT molecular complexity index is 871. The minimum absolute atomic E-state index is 0.324. The molecule has 0 unspecified atom stereocenters. The molecule has 24 heavy (non-hydrogen) atoms. The van der Waals surface area contributed by atoms with Crippen molar-refractivity contribution >= 4 is 11.0 Å². The first-order valence-electron chi connectivity index (χ1n) is 8.15. The van der Waals surface area contributed by atoms with Gasteiger partial charge >= 0.3 is 5.63 Å². The van der Waals surface area contributed by atoms with Crippen LogP contribution in [0.25, 0.3) is 11.0 Å². The molecule has 0 radical (unpaired) electrons. The number of quaternary nitrogens is 1. The average Bonchev–Trinajstić information content (AvgIpc) is 2.61. The topological polar surface area (TPSA) is 56.0 Å². The Balaban J connectivity index is 1.74. The van der Waals surface area contributed by atoms with E-state index >= 15 is 0 Å². The zero-order valence-electron chi connectivity index (χ0n) is 14.0. The fourth-order valence-electron chi connectivity index (χ4n) is 2.91. The molecule has 1 atom stereocenters. The van der Waals surface area contributed by atoms with E-state index in [0.717, 1.165) is 24.0 Å². The van der Waals surface area contributed by atoms with E-state index in [1.807, 2.05) is 18.2 Å². The van der Waals surface area contributed by atoms with Crippen molar-refractivity contribution in [2.75, 3.05) is 13.7 Å². The largest absolute Gasteiger partial charge is 0.497 e. The third-order valence-electron chi connectivity index (χ3n) is 4.29. The average molecular weight is 324 g/mol. The molecule has 0 bridgehead atoms. The predicted octanol–water partition coefficient (Wildman–Crippen LogP) is 2.67. The summed E-state index contributed by atoms with van der Waals surface area (Å²) in [6.45, 7) is 3.92. The second-order valence-corrected chi connectivity index (χ2v) is 5.99. The van der Waals surface area contributed by atoms with Crippen LogP contribution in [0.15, 0.2) is 63.8 Å². The van der Waals surface area contributed by atoms with Crippen LogP contribution < -0.4 is 15.7 Å². The minimum atomic E-state index is -0.324. The van der Waals surface area contributed by atoms with Gasteiger partial charge in [-0.15, -0.1) is 0 Å². The maximum absolute atomic E-state index is 11.8. The van der Waals surface area contributed by atoms with Crippen LogP contribution in [0.3, 0.4) is 0 Å². The first kappa shape index (κ1) is 16.3. The van der Waals surface area contributed by atoms with Crippen molar-refractivity contribution in [1.29, 1.82) is 0 Å². The van der Waals surface area contributed by atoms with E-state index in [-0.39, 0.29) is 5.63 Å². The number of rotatable bonds is 6. The summed E-state index contributed by atoms with van der Waals surface area (Å²) < 4.78 is 10.5. The molecule has 4 heteroatoms. The Kier molecular flexibility index (Phi) is 4.96. The zero-order valence-corrected chi connectivity index (χ0v) is 14.0. The summed E-state index contributed by atoms with van der Waals surface area (Å²) in [6.07, 6.45) is 0. The van der Waals surface area contributed by atoms with Crippen LogP contribution in [-0.4, -0.2) is 13.7 Å². The smallest absolute Gasteiger partial charge is 0.336 e. The van der Waals surface area contributed by atoms with E-state index in [9.17, 15) is 4.79 Å². The van der Waals surface area contributed by atoms with Gasteiger partial charge in [-0.2, -0.15) is 0 Å². The molecule has 1 heterocycles. The molecule has 4 nitrogen and oxygen atoms in total. The van der Waals surface area contributed by atoms with Gasteiger partial charge in [0.05, 0.1) is 13.7 Å². The molecule has 2 N–H and O–H groups in total. The van der Waals surface area contributed by atoms with Crippen molar-refractivity contribution in [3.05, 3.63) is 76.1 Å². The summed E-state index contributed by atoms with van der Waals surface area (Å²) >= 11 is 0. The highest BCUT2D eigenvalue weighted by Gasteiger charge is 2.11. The fraction of sp³-hybridized carbons (Fsp3) is 0.250. The van der Waals surface area contributed by atoms with Crippen LogP contribution in [0.1, 0.15) is 24.0 Å². The molecule has 0 aliphatic heterocycles. The van der Waals surface area contributed by atoms with Gasteiger partial charge in [0, 0.05) is 29.0 Å². The quantitative estimate of drug-likeness (QED) is 0.709. The van der Waals surface area contributed by atoms with Crippen LogP contribution in [-0.2, 0) is 6.54 Å². The monoisotopic (exact) mass is 324 g/mol. The number of nitrogens with two attached hydrogens (primary N) is 1. The molecule has 0 fully saturated rings. The standard InChI is InChI=1S/C20H21NO3/c1-14(15-6-4-3-5-7-15)12-21-13-16-10-20(22)24-19-11-17(23-2)8-9-18(16)19/h3-11,14,21H,12-13H2,1-2H3/p+1/t14-/m1/s1. The molecular formula is C20H22NO3+. The van der Waals surface area contributed by atoms with Gasteiger partial charge in [0.2, 0.25) is 0 Å². The van der Waals surface area contributed by atoms with Gasteiger partial charge in [-0.25, -0.2) is 4.79 Å². The summed E-state index contributed by atoms with van der Waals surface area (Å²) in [5.41, 5.74) is 2.57. The SMILES string of the molecule is COc1ccc2c(C[NH2+]C[C@@H](C)c3ccccc3)cc(=O)oc2c1. The highest BCUT2D eigenvalue weighted by Crippen LogP contribution is 2.22. The molecule has 0 saturated heterocycles. The maximum Gasteiger partial charge on any atom is 0.336 e. The Morgan fingerprint density at radius 1 is 1.12 bits per heavy atom. The summed E-state index contributed by atoms with van der Waals surface area (Å²) in [6, 6.07) is 17.6. The molecule has 0 aliphatic rings. The third kappa shape index (κ3) is 3.66. The molecule has 0 aliphatic carbocycles. The Hall–Kier alpha value is -2.59.